The molecule has 2 N–H and O–H groups in total. The van der Waals surface area contributed by atoms with Crippen LogP contribution in [0.4, 0.5) is 0 Å². The third-order valence-corrected chi connectivity index (χ3v) is 2.65. The van der Waals surface area contributed by atoms with E-state index in [0.717, 1.165) is 44.7 Å². The molecule has 0 amide bonds. The quantitative estimate of drug-likeness (QED) is 0.858. The maximum absolute atomic E-state index is 5.82. The summed E-state index contributed by atoms with van der Waals surface area (Å²) >= 11 is 0. The van der Waals surface area contributed by atoms with Crippen LogP contribution in [-0.4, -0.2) is 34.2 Å². The lowest BCUT2D eigenvalue weighted by atomic mass is 10.3. The fourth-order valence-electron chi connectivity index (χ4n) is 1.88. The highest BCUT2D eigenvalue weighted by molar-refractivity contribution is 5.85. The number of hydrogen-bond acceptors (Lipinski definition) is 5. The van der Waals surface area contributed by atoms with Gasteiger partial charge in [-0.15, -0.1) is 12.4 Å². The van der Waals surface area contributed by atoms with Crippen molar-refractivity contribution < 1.29 is 4.52 Å². The van der Waals surface area contributed by atoms with Crippen LogP contribution >= 0.6 is 12.4 Å². The van der Waals surface area contributed by atoms with E-state index >= 15 is 0 Å². The van der Waals surface area contributed by atoms with Crippen molar-refractivity contribution in [3.63, 3.8) is 0 Å². The average Bonchev–Trinajstić information content (AvgIpc) is 2.78. The maximum Gasteiger partial charge on any atom is 0.240 e. The lowest BCUT2D eigenvalue weighted by Gasteiger charge is -2.10. The number of halogens is 1. The summed E-state index contributed by atoms with van der Waals surface area (Å²) in [6, 6.07) is 0.308. The number of aryl methyl sites for hydroxylation is 1. The smallest absolute Gasteiger partial charge is 0.240 e. The van der Waals surface area contributed by atoms with Crippen molar-refractivity contribution in [2.24, 2.45) is 5.73 Å². The molecule has 6 heteroatoms. The fourth-order valence-corrected chi connectivity index (χ4v) is 1.88. The van der Waals surface area contributed by atoms with Crippen molar-refractivity contribution in [2.75, 3.05) is 13.1 Å². The molecule has 1 saturated heterocycles. The predicted molar refractivity (Wildman–Crippen MR) is 63.4 cm³/mol. The Kier molecular flexibility index (Phi) is 5.18. The number of nitrogens with zero attached hydrogens (tertiary/aromatic N) is 3. The van der Waals surface area contributed by atoms with Gasteiger partial charge in [-0.2, -0.15) is 4.98 Å². The second-order valence-corrected chi connectivity index (χ2v) is 4.14. The molecule has 0 saturated carbocycles. The zero-order valence-electron chi connectivity index (χ0n) is 9.56. The van der Waals surface area contributed by atoms with Gasteiger partial charge in [0, 0.05) is 25.6 Å². The van der Waals surface area contributed by atoms with Crippen molar-refractivity contribution in [1.29, 1.82) is 0 Å². The summed E-state index contributed by atoms with van der Waals surface area (Å²) in [5.41, 5.74) is 5.82. The van der Waals surface area contributed by atoms with Crippen molar-refractivity contribution in [2.45, 2.75) is 38.8 Å². The Balaban J connectivity index is 0.00000128. The van der Waals surface area contributed by atoms with Gasteiger partial charge in [-0.25, -0.2) is 0 Å². The Morgan fingerprint density at radius 1 is 1.56 bits per heavy atom. The van der Waals surface area contributed by atoms with E-state index in [9.17, 15) is 0 Å². The van der Waals surface area contributed by atoms with Crippen LogP contribution in [0, 0.1) is 0 Å². The van der Waals surface area contributed by atoms with E-state index in [-0.39, 0.29) is 12.4 Å². The van der Waals surface area contributed by atoms with Crippen molar-refractivity contribution in [3.8, 4) is 0 Å². The second kappa shape index (κ2) is 6.18. The predicted octanol–water partition coefficient (Wildman–Crippen LogP) is 0.977. The third-order valence-electron chi connectivity index (χ3n) is 2.65. The summed E-state index contributed by atoms with van der Waals surface area (Å²) in [6.07, 6.45) is 3.01. The number of rotatable bonds is 4. The molecule has 0 bridgehead atoms. The summed E-state index contributed by atoms with van der Waals surface area (Å²) in [5.74, 6) is 1.53. The van der Waals surface area contributed by atoms with Crippen LogP contribution in [0.1, 0.15) is 31.5 Å². The molecule has 0 radical (unpaired) electrons. The molecular formula is C10H19ClN4O. The standard InChI is InChI=1S/C10H18N4O.ClH/c1-2-3-9-12-10(15-13-9)7-14-5-4-8(11)6-14;/h8H,2-7,11H2,1H3;1H/t8-;/m1./s1. The SMILES string of the molecule is CCCc1noc(CN2CC[C@@H](N)C2)n1.Cl. The highest BCUT2D eigenvalue weighted by Gasteiger charge is 2.20. The minimum absolute atomic E-state index is 0. The summed E-state index contributed by atoms with van der Waals surface area (Å²) < 4.78 is 5.17. The van der Waals surface area contributed by atoms with Gasteiger partial charge in [-0.3, -0.25) is 4.90 Å². The molecule has 0 aromatic carbocycles. The van der Waals surface area contributed by atoms with Gasteiger partial charge < -0.3 is 10.3 Å². The maximum atomic E-state index is 5.82. The molecule has 1 fully saturated rings. The first-order valence-corrected chi connectivity index (χ1v) is 5.57. The Hall–Kier alpha value is -0.650. The van der Waals surface area contributed by atoms with Crippen molar-refractivity contribution >= 4 is 12.4 Å². The first kappa shape index (κ1) is 13.4. The molecule has 1 atom stereocenters. The first-order valence-electron chi connectivity index (χ1n) is 5.57. The Labute approximate surface area is 102 Å². The van der Waals surface area contributed by atoms with Crippen LogP contribution < -0.4 is 5.73 Å². The van der Waals surface area contributed by atoms with E-state index in [4.69, 9.17) is 10.3 Å². The van der Waals surface area contributed by atoms with E-state index in [1.165, 1.54) is 0 Å². The molecule has 1 aromatic heterocycles. The summed E-state index contributed by atoms with van der Waals surface area (Å²) in [5, 5.41) is 3.92. The molecule has 92 valence electrons. The first-order chi connectivity index (χ1) is 7.28. The van der Waals surface area contributed by atoms with Crippen LogP contribution in [0.15, 0.2) is 4.52 Å². The van der Waals surface area contributed by atoms with Crippen LogP contribution in [0.3, 0.4) is 0 Å². The number of hydrogen-bond donors (Lipinski definition) is 1. The van der Waals surface area contributed by atoms with Crippen LogP contribution in [0.5, 0.6) is 0 Å². The van der Waals surface area contributed by atoms with E-state index in [2.05, 4.69) is 22.0 Å². The van der Waals surface area contributed by atoms with Gasteiger partial charge in [-0.1, -0.05) is 12.1 Å². The Bertz CT molecular complexity index is 318. The van der Waals surface area contributed by atoms with Gasteiger partial charge in [-0.05, 0) is 12.8 Å². The minimum Gasteiger partial charge on any atom is -0.338 e. The number of likely N-dealkylation sites (tertiary alicyclic amines) is 1. The van der Waals surface area contributed by atoms with Gasteiger partial charge in [0.15, 0.2) is 5.82 Å². The van der Waals surface area contributed by atoms with E-state index in [1.807, 2.05) is 0 Å². The molecule has 5 nitrogen and oxygen atoms in total. The zero-order valence-corrected chi connectivity index (χ0v) is 10.4. The van der Waals surface area contributed by atoms with Gasteiger partial charge in [0.05, 0.1) is 6.54 Å². The van der Waals surface area contributed by atoms with Crippen molar-refractivity contribution in [1.82, 2.24) is 15.0 Å². The summed E-state index contributed by atoms with van der Waals surface area (Å²) in [6.45, 7) is 4.82. The molecular weight excluding hydrogens is 228 g/mol. The fraction of sp³-hybridized carbons (Fsp3) is 0.800. The molecule has 1 aliphatic heterocycles. The molecule has 2 heterocycles. The highest BCUT2D eigenvalue weighted by atomic mass is 35.5. The summed E-state index contributed by atoms with van der Waals surface area (Å²) in [7, 11) is 0. The number of aromatic nitrogens is 2. The third kappa shape index (κ3) is 3.43. The monoisotopic (exact) mass is 246 g/mol. The minimum atomic E-state index is 0. The number of nitrogens with two attached hydrogens (primary N) is 1. The molecule has 0 aliphatic carbocycles. The Morgan fingerprint density at radius 3 is 3.00 bits per heavy atom. The topological polar surface area (TPSA) is 68.2 Å². The lowest BCUT2D eigenvalue weighted by molar-refractivity contribution is 0.265. The van der Waals surface area contributed by atoms with E-state index < -0.39 is 0 Å². The van der Waals surface area contributed by atoms with Crippen LogP contribution in [0.25, 0.3) is 0 Å². The van der Waals surface area contributed by atoms with Gasteiger partial charge in [0.25, 0.3) is 0 Å². The Morgan fingerprint density at radius 2 is 2.38 bits per heavy atom. The molecule has 1 aliphatic rings. The summed E-state index contributed by atoms with van der Waals surface area (Å²) in [4.78, 5) is 6.59. The van der Waals surface area contributed by atoms with Crippen molar-refractivity contribution in [3.05, 3.63) is 11.7 Å². The molecule has 1 aromatic rings. The molecule has 0 spiro atoms. The highest BCUT2D eigenvalue weighted by Crippen LogP contribution is 2.11. The van der Waals surface area contributed by atoms with E-state index in [0.29, 0.717) is 11.9 Å². The zero-order chi connectivity index (χ0) is 10.7. The molecule has 16 heavy (non-hydrogen) atoms. The van der Waals surface area contributed by atoms with Crippen LogP contribution in [-0.2, 0) is 13.0 Å². The second-order valence-electron chi connectivity index (χ2n) is 4.14. The molecule has 2 rings (SSSR count). The lowest BCUT2D eigenvalue weighted by Crippen LogP contribution is -2.26. The van der Waals surface area contributed by atoms with Crippen LogP contribution in [0.2, 0.25) is 0 Å². The normalized spacial score (nSPS) is 21.0. The average molecular weight is 247 g/mol. The van der Waals surface area contributed by atoms with E-state index in [1.54, 1.807) is 0 Å². The van der Waals surface area contributed by atoms with Gasteiger partial charge in [0.1, 0.15) is 0 Å². The van der Waals surface area contributed by atoms with Gasteiger partial charge >= 0.3 is 0 Å². The molecule has 0 unspecified atom stereocenters. The largest absolute Gasteiger partial charge is 0.338 e. The van der Waals surface area contributed by atoms with Gasteiger partial charge in [0.2, 0.25) is 5.89 Å².